The maximum atomic E-state index is 11.7. The first kappa shape index (κ1) is 12.8. The number of aromatic nitrogens is 1. The Kier molecular flexibility index (Phi) is 5.11. The molecule has 1 heterocycles. The van der Waals surface area contributed by atoms with Crippen LogP contribution in [-0.4, -0.2) is 36.0 Å². The highest BCUT2D eigenvalue weighted by Crippen LogP contribution is 2.05. The van der Waals surface area contributed by atoms with E-state index in [1.807, 2.05) is 13.2 Å². The largest absolute Gasteiger partial charge is 0.373 e. The van der Waals surface area contributed by atoms with E-state index in [4.69, 9.17) is 0 Å². The second-order valence-corrected chi connectivity index (χ2v) is 4.42. The molecule has 0 aliphatic carbocycles. The number of hydrogen-bond donors (Lipinski definition) is 2. The van der Waals surface area contributed by atoms with E-state index in [9.17, 15) is 4.79 Å². The second kappa shape index (κ2) is 6.37. The molecule has 2 N–H and O–H groups in total. The van der Waals surface area contributed by atoms with Gasteiger partial charge in [-0.15, -0.1) is 0 Å². The Balaban J connectivity index is 2.59. The smallest absolute Gasteiger partial charge is 0.253 e. The fraction of sp³-hybridized carbons (Fsp3) is 0.455. The predicted octanol–water partition coefficient (Wildman–Crippen LogP) is 1.60. The average Bonchev–Trinajstić information content (AvgIpc) is 2.29. The van der Waals surface area contributed by atoms with E-state index in [1.165, 1.54) is 0 Å². The summed E-state index contributed by atoms with van der Waals surface area (Å²) in [4.78, 5) is 15.8. The minimum atomic E-state index is -0.0725. The van der Waals surface area contributed by atoms with Gasteiger partial charge in [0.15, 0.2) is 0 Å². The molecule has 1 atom stereocenters. The molecule has 0 aromatic carbocycles. The number of amides is 1. The quantitative estimate of drug-likeness (QED) is 0.819. The first-order chi connectivity index (χ1) is 7.67. The summed E-state index contributed by atoms with van der Waals surface area (Å²) in [5.41, 5.74) is 0.590. The van der Waals surface area contributed by atoms with Crippen LogP contribution >= 0.6 is 11.8 Å². The molecule has 1 aromatic heterocycles. The van der Waals surface area contributed by atoms with E-state index in [-0.39, 0.29) is 11.9 Å². The summed E-state index contributed by atoms with van der Waals surface area (Å²) in [5, 5.41) is 5.82. The Morgan fingerprint density at radius 1 is 1.56 bits per heavy atom. The van der Waals surface area contributed by atoms with Gasteiger partial charge in [0.1, 0.15) is 5.82 Å². The molecular formula is C11H17N3OS. The molecule has 1 amide bonds. The van der Waals surface area contributed by atoms with Crippen LogP contribution in [0.1, 0.15) is 17.3 Å². The number of anilines is 1. The van der Waals surface area contributed by atoms with Gasteiger partial charge >= 0.3 is 0 Å². The van der Waals surface area contributed by atoms with Gasteiger partial charge in [0.2, 0.25) is 0 Å². The van der Waals surface area contributed by atoms with Gasteiger partial charge in [-0.1, -0.05) is 0 Å². The minimum Gasteiger partial charge on any atom is -0.373 e. The van der Waals surface area contributed by atoms with Crippen LogP contribution in [0.2, 0.25) is 0 Å². The summed E-state index contributed by atoms with van der Waals surface area (Å²) in [5.74, 6) is 1.60. The minimum absolute atomic E-state index is 0.0725. The molecule has 1 unspecified atom stereocenters. The molecular weight excluding hydrogens is 222 g/mol. The van der Waals surface area contributed by atoms with E-state index in [0.29, 0.717) is 5.56 Å². The van der Waals surface area contributed by atoms with Crippen LogP contribution in [0.4, 0.5) is 5.82 Å². The number of pyridine rings is 1. The van der Waals surface area contributed by atoms with Crippen LogP contribution in [0.25, 0.3) is 0 Å². The third-order valence-electron chi connectivity index (χ3n) is 2.08. The van der Waals surface area contributed by atoms with Crippen molar-refractivity contribution in [1.29, 1.82) is 0 Å². The lowest BCUT2D eigenvalue weighted by Crippen LogP contribution is -2.34. The predicted molar refractivity (Wildman–Crippen MR) is 69.1 cm³/mol. The molecule has 1 aromatic rings. The van der Waals surface area contributed by atoms with Crippen molar-refractivity contribution in [2.45, 2.75) is 13.0 Å². The summed E-state index contributed by atoms with van der Waals surface area (Å²) in [6.07, 6.45) is 3.60. The van der Waals surface area contributed by atoms with E-state index in [1.54, 1.807) is 37.1 Å². The first-order valence-corrected chi connectivity index (χ1v) is 6.50. The molecule has 5 heteroatoms. The van der Waals surface area contributed by atoms with Crippen molar-refractivity contribution < 1.29 is 4.79 Å². The molecule has 1 rings (SSSR count). The summed E-state index contributed by atoms with van der Waals surface area (Å²) in [6, 6.07) is 3.72. The monoisotopic (exact) mass is 239 g/mol. The standard InChI is InChI=1S/C11H17N3OS/c1-8(7-16-3)14-11(15)9-4-5-10(12-2)13-6-9/h4-6,8H,7H2,1-3H3,(H,12,13)(H,14,15). The van der Waals surface area contributed by atoms with Crippen LogP contribution < -0.4 is 10.6 Å². The Morgan fingerprint density at radius 2 is 2.31 bits per heavy atom. The van der Waals surface area contributed by atoms with E-state index < -0.39 is 0 Å². The lowest BCUT2D eigenvalue weighted by molar-refractivity contribution is 0.0943. The Hall–Kier alpha value is -1.23. The zero-order valence-corrected chi connectivity index (χ0v) is 10.6. The fourth-order valence-electron chi connectivity index (χ4n) is 1.27. The van der Waals surface area contributed by atoms with Crippen molar-refractivity contribution in [2.24, 2.45) is 0 Å². The van der Waals surface area contributed by atoms with Gasteiger partial charge in [0.05, 0.1) is 5.56 Å². The van der Waals surface area contributed by atoms with Crippen LogP contribution in [-0.2, 0) is 0 Å². The number of thioether (sulfide) groups is 1. The molecule has 4 nitrogen and oxygen atoms in total. The van der Waals surface area contributed by atoms with Gasteiger partial charge in [0, 0.05) is 25.0 Å². The average molecular weight is 239 g/mol. The fourth-order valence-corrected chi connectivity index (χ4v) is 1.86. The Bertz CT molecular complexity index is 340. The Morgan fingerprint density at radius 3 is 2.81 bits per heavy atom. The number of nitrogens with one attached hydrogen (secondary N) is 2. The van der Waals surface area contributed by atoms with Gasteiger partial charge in [0.25, 0.3) is 5.91 Å². The number of rotatable bonds is 5. The van der Waals surface area contributed by atoms with Crippen LogP contribution in [0.5, 0.6) is 0 Å². The van der Waals surface area contributed by atoms with E-state index >= 15 is 0 Å². The van der Waals surface area contributed by atoms with Crippen molar-refractivity contribution >= 4 is 23.5 Å². The van der Waals surface area contributed by atoms with Crippen LogP contribution in [0.3, 0.4) is 0 Å². The number of nitrogens with zero attached hydrogens (tertiary/aromatic N) is 1. The van der Waals surface area contributed by atoms with Crippen molar-refractivity contribution in [2.75, 3.05) is 24.4 Å². The summed E-state index contributed by atoms with van der Waals surface area (Å²) in [7, 11) is 1.79. The molecule has 88 valence electrons. The van der Waals surface area contributed by atoms with Crippen LogP contribution in [0, 0.1) is 0 Å². The summed E-state index contributed by atoms with van der Waals surface area (Å²) >= 11 is 1.71. The SMILES string of the molecule is CNc1ccc(C(=O)NC(C)CSC)cn1. The molecule has 0 saturated carbocycles. The molecule has 0 spiro atoms. The van der Waals surface area contributed by atoms with Crippen molar-refractivity contribution in [1.82, 2.24) is 10.3 Å². The molecule has 0 aliphatic heterocycles. The third kappa shape index (κ3) is 3.73. The topological polar surface area (TPSA) is 54.0 Å². The number of carbonyl (C=O) groups is 1. The molecule has 16 heavy (non-hydrogen) atoms. The number of carbonyl (C=O) groups excluding carboxylic acids is 1. The van der Waals surface area contributed by atoms with E-state index in [0.717, 1.165) is 11.6 Å². The maximum Gasteiger partial charge on any atom is 0.253 e. The maximum absolute atomic E-state index is 11.7. The van der Waals surface area contributed by atoms with Crippen molar-refractivity contribution in [3.63, 3.8) is 0 Å². The van der Waals surface area contributed by atoms with E-state index in [2.05, 4.69) is 15.6 Å². The van der Waals surface area contributed by atoms with Gasteiger partial charge < -0.3 is 10.6 Å². The normalized spacial score (nSPS) is 11.9. The van der Waals surface area contributed by atoms with Gasteiger partial charge in [-0.3, -0.25) is 4.79 Å². The van der Waals surface area contributed by atoms with Gasteiger partial charge in [-0.2, -0.15) is 11.8 Å². The Labute approximate surface area is 100 Å². The van der Waals surface area contributed by atoms with Crippen LogP contribution in [0.15, 0.2) is 18.3 Å². The molecule has 0 aliphatic rings. The molecule has 0 fully saturated rings. The zero-order valence-electron chi connectivity index (χ0n) is 9.78. The highest BCUT2D eigenvalue weighted by molar-refractivity contribution is 7.98. The molecule has 0 radical (unpaired) electrons. The first-order valence-electron chi connectivity index (χ1n) is 5.11. The second-order valence-electron chi connectivity index (χ2n) is 3.51. The van der Waals surface area contributed by atoms with Crippen molar-refractivity contribution in [3.05, 3.63) is 23.9 Å². The van der Waals surface area contributed by atoms with Gasteiger partial charge in [-0.05, 0) is 25.3 Å². The summed E-state index contributed by atoms with van der Waals surface area (Å²) < 4.78 is 0. The number of hydrogen-bond acceptors (Lipinski definition) is 4. The highest BCUT2D eigenvalue weighted by atomic mass is 32.2. The van der Waals surface area contributed by atoms with Crippen molar-refractivity contribution in [3.8, 4) is 0 Å². The third-order valence-corrected chi connectivity index (χ3v) is 2.91. The molecule has 0 saturated heterocycles. The lowest BCUT2D eigenvalue weighted by atomic mass is 10.2. The highest BCUT2D eigenvalue weighted by Gasteiger charge is 2.09. The lowest BCUT2D eigenvalue weighted by Gasteiger charge is -2.12. The zero-order chi connectivity index (χ0) is 12.0. The van der Waals surface area contributed by atoms with Gasteiger partial charge in [-0.25, -0.2) is 4.98 Å². The molecule has 0 bridgehead atoms. The summed E-state index contributed by atoms with van der Waals surface area (Å²) in [6.45, 7) is 1.99.